The molecule has 0 N–H and O–H groups in total. The average Bonchev–Trinajstić information content (AvgIpc) is 2.18. The van der Waals surface area contributed by atoms with E-state index in [1.807, 2.05) is 0 Å². The number of halogens is 2. The van der Waals surface area contributed by atoms with Crippen LogP contribution >= 0.6 is 31.9 Å². The molecular formula is C10H18Br2O2S. The summed E-state index contributed by atoms with van der Waals surface area (Å²) in [5.74, 6) is 0.989. The van der Waals surface area contributed by atoms with Crippen LogP contribution in [-0.4, -0.2) is 23.7 Å². The van der Waals surface area contributed by atoms with Crippen molar-refractivity contribution < 1.29 is 8.42 Å². The van der Waals surface area contributed by atoms with Gasteiger partial charge in [-0.3, -0.25) is 0 Å². The predicted octanol–water partition coefficient (Wildman–Crippen LogP) is 3.49. The number of hydrogen-bond acceptors (Lipinski definition) is 2. The Kier molecular flexibility index (Phi) is 6.15. The maximum atomic E-state index is 11.4. The van der Waals surface area contributed by atoms with Crippen LogP contribution in [0.1, 0.15) is 38.5 Å². The van der Waals surface area contributed by atoms with Gasteiger partial charge in [-0.05, 0) is 12.3 Å². The van der Waals surface area contributed by atoms with Gasteiger partial charge in [-0.15, -0.1) is 0 Å². The summed E-state index contributed by atoms with van der Waals surface area (Å²) >= 11 is 6.51. The first-order chi connectivity index (χ1) is 7.03. The predicted molar refractivity (Wildman–Crippen MR) is 71.5 cm³/mol. The molecule has 0 heterocycles. The lowest BCUT2D eigenvalue weighted by atomic mass is 9.86. The molecule has 0 aliphatic heterocycles. The van der Waals surface area contributed by atoms with Crippen molar-refractivity contribution in [3.63, 3.8) is 0 Å². The Balaban J connectivity index is 2.31. The van der Waals surface area contributed by atoms with Crippen molar-refractivity contribution in [1.82, 2.24) is 0 Å². The zero-order chi connectivity index (χ0) is 11.3. The number of alkyl halides is 2. The van der Waals surface area contributed by atoms with Crippen molar-refractivity contribution in [1.29, 1.82) is 0 Å². The minimum atomic E-state index is -2.90. The lowest BCUT2D eigenvalue weighted by Gasteiger charge is -2.23. The second-order valence-corrected chi connectivity index (χ2v) is 9.06. The first-order valence-corrected chi connectivity index (χ1v) is 9.30. The summed E-state index contributed by atoms with van der Waals surface area (Å²) in [6.45, 7) is 0. The molecule has 0 spiro atoms. The molecule has 1 aliphatic rings. The van der Waals surface area contributed by atoms with Crippen LogP contribution in [0.2, 0.25) is 0 Å². The van der Waals surface area contributed by atoms with Gasteiger partial charge in [-0.1, -0.05) is 64.0 Å². The van der Waals surface area contributed by atoms with Crippen LogP contribution in [-0.2, 0) is 9.84 Å². The number of sulfone groups is 1. The molecule has 0 radical (unpaired) electrons. The van der Waals surface area contributed by atoms with E-state index in [2.05, 4.69) is 31.9 Å². The fourth-order valence-electron chi connectivity index (χ4n) is 2.17. The fourth-order valence-corrected chi connectivity index (χ4v) is 5.25. The molecule has 0 amide bonds. The third-order valence-corrected chi connectivity index (χ3v) is 7.38. The van der Waals surface area contributed by atoms with E-state index in [0.717, 1.165) is 12.3 Å². The van der Waals surface area contributed by atoms with Crippen LogP contribution < -0.4 is 0 Å². The van der Waals surface area contributed by atoms with Gasteiger partial charge in [0.1, 0.15) is 4.66 Å². The molecule has 5 heteroatoms. The van der Waals surface area contributed by atoms with Gasteiger partial charge in [0.15, 0.2) is 9.84 Å². The highest BCUT2D eigenvalue weighted by atomic mass is 79.9. The Morgan fingerprint density at radius 1 is 1.20 bits per heavy atom. The van der Waals surface area contributed by atoms with Gasteiger partial charge in [0.05, 0.1) is 5.75 Å². The Bertz CT molecular complexity index is 271. The highest BCUT2D eigenvalue weighted by molar-refractivity contribution is 9.11. The zero-order valence-electron chi connectivity index (χ0n) is 8.79. The van der Waals surface area contributed by atoms with Crippen molar-refractivity contribution in [2.24, 2.45) is 5.92 Å². The third kappa shape index (κ3) is 5.68. The summed E-state index contributed by atoms with van der Waals surface area (Å²) in [4.78, 5) is 0.128. The Hall–Kier alpha value is 0.910. The van der Waals surface area contributed by atoms with E-state index in [4.69, 9.17) is 0 Å². The Morgan fingerprint density at radius 2 is 1.80 bits per heavy atom. The Morgan fingerprint density at radius 3 is 2.33 bits per heavy atom. The van der Waals surface area contributed by atoms with Crippen molar-refractivity contribution in [2.75, 3.05) is 10.4 Å². The number of rotatable bonds is 5. The van der Waals surface area contributed by atoms with E-state index in [0.29, 0.717) is 0 Å². The molecule has 1 rings (SSSR count). The van der Waals surface area contributed by atoms with Gasteiger partial charge in [0, 0.05) is 4.83 Å². The topological polar surface area (TPSA) is 34.1 Å². The van der Waals surface area contributed by atoms with Crippen molar-refractivity contribution >= 4 is 41.7 Å². The van der Waals surface area contributed by atoms with Crippen molar-refractivity contribution in [3.05, 3.63) is 0 Å². The SMILES string of the molecule is O=S(=O)(CBr)CC(Br)CC1CCCCC1. The first kappa shape index (κ1) is 14.0. The molecule has 1 aliphatic carbocycles. The van der Waals surface area contributed by atoms with Crippen LogP contribution in [0.25, 0.3) is 0 Å². The Labute approximate surface area is 109 Å². The summed E-state index contributed by atoms with van der Waals surface area (Å²) in [6, 6.07) is 0. The van der Waals surface area contributed by atoms with Gasteiger partial charge in [-0.2, -0.15) is 0 Å². The summed E-state index contributed by atoms with van der Waals surface area (Å²) in [5.41, 5.74) is 0. The minimum Gasteiger partial charge on any atom is -0.228 e. The normalized spacial score (nSPS) is 21.5. The van der Waals surface area contributed by atoms with Crippen LogP contribution in [0.5, 0.6) is 0 Å². The second kappa shape index (κ2) is 6.60. The molecule has 1 atom stereocenters. The second-order valence-electron chi connectivity index (χ2n) is 4.36. The molecule has 0 aromatic rings. The summed E-state index contributed by atoms with van der Waals surface area (Å²) in [7, 11) is -2.90. The maximum absolute atomic E-state index is 11.4. The van der Waals surface area contributed by atoms with Crippen molar-refractivity contribution in [3.8, 4) is 0 Å². The van der Waals surface area contributed by atoms with Crippen molar-refractivity contribution in [2.45, 2.75) is 43.4 Å². The van der Waals surface area contributed by atoms with Gasteiger partial charge < -0.3 is 0 Å². The van der Waals surface area contributed by atoms with Crippen LogP contribution in [0, 0.1) is 5.92 Å². The zero-order valence-corrected chi connectivity index (χ0v) is 12.8. The molecule has 0 aromatic heterocycles. The quantitative estimate of drug-likeness (QED) is 0.702. The standard InChI is InChI=1S/C10H18Br2O2S/c11-8-15(13,14)7-10(12)6-9-4-2-1-3-5-9/h9-10H,1-8H2. The van der Waals surface area contributed by atoms with Crippen LogP contribution in [0.4, 0.5) is 0 Å². The first-order valence-electron chi connectivity index (χ1n) is 5.44. The molecule has 0 bridgehead atoms. The van der Waals surface area contributed by atoms with Gasteiger partial charge in [0.2, 0.25) is 0 Å². The van der Waals surface area contributed by atoms with Gasteiger partial charge in [0.25, 0.3) is 0 Å². The summed E-state index contributed by atoms with van der Waals surface area (Å²) < 4.78 is 22.8. The summed E-state index contributed by atoms with van der Waals surface area (Å²) in [5, 5.41) is 0. The monoisotopic (exact) mass is 360 g/mol. The summed E-state index contributed by atoms with van der Waals surface area (Å²) in [6.07, 6.45) is 7.54. The van der Waals surface area contributed by atoms with E-state index in [1.54, 1.807) is 0 Å². The van der Waals surface area contributed by atoms with Crippen LogP contribution in [0.15, 0.2) is 0 Å². The third-order valence-electron chi connectivity index (χ3n) is 2.91. The van der Waals surface area contributed by atoms with E-state index in [-0.39, 0.29) is 15.2 Å². The van der Waals surface area contributed by atoms with E-state index in [9.17, 15) is 8.42 Å². The molecule has 1 saturated carbocycles. The molecule has 0 aromatic carbocycles. The van der Waals surface area contributed by atoms with E-state index in [1.165, 1.54) is 32.1 Å². The van der Waals surface area contributed by atoms with Gasteiger partial charge >= 0.3 is 0 Å². The molecule has 0 saturated heterocycles. The molecule has 15 heavy (non-hydrogen) atoms. The number of hydrogen-bond donors (Lipinski definition) is 0. The molecule has 1 unspecified atom stereocenters. The highest BCUT2D eigenvalue weighted by Crippen LogP contribution is 2.29. The smallest absolute Gasteiger partial charge is 0.161 e. The maximum Gasteiger partial charge on any atom is 0.161 e. The molecule has 2 nitrogen and oxygen atoms in total. The molecular weight excluding hydrogens is 344 g/mol. The van der Waals surface area contributed by atoms with E-state index >= 15 is 0 Å². The molecule has 1 fully saturated rings. The lowest BCUT2D eigenvalue weighted by Crippen LogP contribution is -2.20. The van der Waals surface area contributed by atoms with Crippen LogP contribution in [0.3, 0.4) is 0 Å². The van der Waals surface area contributed by atoms with Gasteiger partial charge in [-0.25, -0.2) is 8.42 Å². The van der Waals surface area contributed by atoms with E-state index < -0.39 is 9.84 Å². The minimum absolute atomic E-state index is 0.0762. The molecule has 90 valence electrons. The highest BCUT2D eigenvalue weighted by Gasteiger charge is 2.21. The fraction of sp³-hybridized carbons (Fsp3) is 1.00. The average molecular weight is 362 g/mol. The lowest BCUT2D eigenvalue weighted by molar-refractivity contribution is 0.340. The largest absolute Gasteiger partial charge is 0.228 e.